The Hall–Kier alpha value is -3.86. The van der Waals surface area contributed by atoms with Gasteiger partial charge in [0.1, 0.15) is 5.75 Å². The highest BCUT2D eigenvalue weighted by Gasteiger charge is 2.40. The Kier molecular flexibility index (Phi) is 8.22. The van der Waals surface area contributed by atoms with Crippen molar-refractivity contribution in [3.05, 3.63) is 101 Å². The van der Waals surface area contributed by atoms with Crippen LogP contribution in [-0.4, -0.2) is 61.7 Å². The number of nitriles is 1. The van der Waals surface area contributed by atoms with Gasteiger partial charge in [0.2, 0.25) is 0 Å². The topological polar surface area (TPSA) is 77.8 Å². The van der Waals surface area contributed by atoms with Gasteiger partial charge in [0.15, 0.2) is 0 Å². The van der Waals surface area contributed by atoms with Crippen molar-refractivity contribution in [2.24, 2.45) is 0 Å². The number of piperazine rings is 1. The van der Waals surface area contributed by atoms with E-state index in [0.717, 1.165) is 42.9 Å². The van der Waals surface area contributed by atoms with Crippen LogP contribution in [0.2, 0.25) is 0 Å². The number of nitrogens with zero attached hydrogens (tertiary/aromatic N) is 3. The largest absolute Gasteiger partial charge is 0.497 e. The van der Waals surface area contributed by atoms with Crippen LogP contribution < -0.4 is 10.1 Å². The normalized spacial score (nSPS) is 19.8. The molecular formula is C31H34N4O3. The highest BCUT2D eigenvalue weighted by atomic mass is 16.5. The number of urea groups is 1. The number of hydrogen-bond donors (Lipinski definition) is 1. The van der Waals surface area contributed by atoms with Crippen molar-refractivity contribution in [1.82, 2.24) is 15.1 Å². The summed E-state index contributed by atoms with van der Waals surface area (Å²) >= 11 is 0. The molecule has 3 atom stereocenters. The molecule has 2 aliphatic rings. The van der Waals surface area contributed by atoms with Crippen molar-refractivity contribution in [1.29, 1.82) is 5.26 Å². The Bertz CT molecular complexity index is 1250. The summed E-state index contributed by atoms with van der Waals surface area (Å²) in [5, 5.41) is 12.3. The molecule has 7 heteroatoms. The van der Waals surface area contributed by atoms with Crippen LogP contribution in [0.25, 0.3) is 0 Å². The van der Waals surface area contributed by atoms with Crippen LogP contribution in [0, 0.1) is 11.3 Å². The highest BCUT2D eigenvalue weighted by Crippen LogP contribution is 2.40. The van der Waals surface area contributed by atoms with Gasteiger partial charge in [-0.1, -0.05) is 54.6 Å². The fourth-order valence-corrected chi connectivity index (χ4v) is 5.01. The fourth-order valence-electron chi connectivity index (χ4n) is 5.01. The Balaban J connectivity index is 1.15. The lowest BCUT2D eigenvalue weighted by molar-refractivity contribution is 0.00546. The third kappa shape index (κ3) is 6.52. The second kappa shape index (κ2) is 12.1. The summed E-state index contributed by atoms with van der Waals surface area (Å²) in [6.45, 7) is 4.13. The number of benzene rings is 3. The van der Waals surface area contributed by atoms with Crippen molar-refractivity contribution >= 4 is 6.03 Å². The van der Waals surface area contributed by atoms with Crippen LogP contribution in [0.15, 0.2) is 78.9 Å². The average Bonchev–Trinajstić information content (AvgIpc) is 3.75. The minimum Gasteiger partial charge on any atom is -0.497 e. The Labute approximate surface area is 224 Å². The third-order valence-electron chi connectivity index (χ3n) is 7.41. The number of hydrogen-bond acceptors (Lipinski definition) is 5. The summed E-state index contributed by atoms with van der Waals surface area (Å²) in [6, 6.07) is 28.3. The summed E-state index contributed by atoms with van der Waals surface area (Å²) in [5.74, 6) is 1.23. The quantitative estimate of drug-likeness (QED) is 0.451. The van der Waals surface area contributed by atoms with Crippen molar-refractivity contribution < 1.29 is 14.3 Å². The molecule has 5 rings (SSSR count). The van der Waals surface area contributed by atoms with Gasteiger partial charge in [0.25, 0.3) is 0 Å². The summed E-state index contributed by atoms with van der Waals surface area (Å²) in [7, 11) is 1.67. The van der Waals surface area contributed by atoms with E-state index >= 15 is 0 Å². The van der Waals surface area contributed by atoms with Crippen molar-refractivity contribution in [2.75, 3.05) is 39.8 Å². The first-order chi connectivity index (χ1) is 18.6. The third-order valence-corrected chi connectivity index (χ3v) is 7.41. The molecule has 3 aromatic rings. The lowest BCUT2D eigenvalue weighted by Crippen LogP contribution is -2.52. The van der Waals surface area contributed by atoms with Crippen LogP contribution in [0.4, 0.5) is 4.79 Å². The standard InChI is InChI=1S/C31H34N4O3/c1-37-27-9-5-8-26(18-27)30(38-22-24-12-10-23(20-32)11-13-24)21-34-14-16-35(17-15-34)31(36)33-29-19-28(29)25-6-3-2-4-7-25/h2-13,18,28-30H,14-17,19,21-22H2,1H3,(H,33,36)/t28-,29+,30-/m0/s1. The molecule has 0 bridgehead atoms. The second-order valence-electron chi connectivity index (χ2n) is 9.98. The van der Waals surface area contributed by atoms with Gasteiger partial charge in [-0.05, 0) is 47.4 Å². The van der Waals surface area contributed by atoms with Gasteiger partial charge in [-0.3, -0.25) is 4.90 Å². The highest BCUT2D eigenvalue weighted by molar-refractivity contribution is 5.75. The van der Waals surface area contributed by atoms with Gasteiger partial charge < -0.3 is 19.7 Å². The van der Waals surface area contributed by atoms with Crippen LogP contribution >= 0.6 is 0 Å². The monoisotopic (exact) mass is 510 g/mol. The molecule has 2 amide bonds. The van der Waals surface area contributed by atoms with E-state index in [1.54, 1.807) is 7.11 Å². The number of ether oxygens (including phenoxy) is 2. The van der Waals surface area contributed by atoms with E-state index in [1.807, 2.05) is 53.4 Å². The number of rotatable bonds is 9. The van der Waals surface area contributed by atoms with Crippen molar-refractivity contribution in [3.63, 3.8) is 0 Å². The van der Waals surface area contributed by atoms with E-state index in [4.69, 9.17) is 14.7 Å². The summed E-state index contributed by atoms with van der Waals surface area (Å²) in [4.78, 5) is 17.2. The van der Waals surface area contributed by atoms with Crippen molar-refractivity contribution in [2.45, 2.75) is 31.1 Å². The van der Waals surface area contributed by atoms with Gasteiger partial charge in [-0.15, -0.1) is 0 Å². The van der Waals surface area contributed by atoms with Gasteiger partial charge in [0, 0.05) is 44.7 Å². The predicted molar refractivity (Wildman–Crippen MR) is 146 cm³/mol. The minimum absolute atomic E-state index is 0.0366. The molecule has 1 saturated heterocycles. The Morgan fingerprint density at radius 3 is 2.50 bits per heavy atom. The average molecular weight is 511 g/mol. The molecule has 196 valence electrons. The van der Waals surface area contributed by atoms with E-state index < -0.39 is 0 Å². The number of methoxy groups -OCH3 is 1. The molecule has 0 radical (unpaired) electrons. The fraction of sp³-hybridized carbons (Fsp3) is 0.355. The van der Waals surface area contributed by atoms with E-state index in [0.29, 0.717) is 31.2 Å². The number of amides is 2. The van der Waals surface area contributed by atoms with Gasteiger partial charge in [-0.25, -0.2) is 4.79 Å². The van der Waals surface area contributed by atoms with Crippen LogP contribution in [0.1, 0.15) is 40.7 Å². The van der Waals surface area contributed by atoms with Gasteiger partial charge in [-0.2, -0.15) is 5.26 Å². The van der Waals surface area contributed by atoms with E-state index in [-0.39, 0.29) is 18.2 Å². The first kappa shape index (κ1) is 25.8. The molecule has 7 nitrogen and oxygen atoms in total. The first-order valence-corrected chi connectivity index (χ1v) is 13.2. The summed E-state index contributed by atoms with van der Waals surface area (Å²) in [6.07, 6.45) is 0.855. The molecule has 1 aliphatic heterocycles. The van der Waals surface area contributed by atoms with E-state index in [1.165, 1.54) is 5.56 Å². The molecule has 3 aromatic carbocycles. The molecular weight excluding hydrogens is 476 g/mol. The Morgan fingerprint density at radius 2 is 1.79 bits per heavy atom. The smallest absolute Gasteiger partial charge is 0.317 e. The maximum Gasteiger partial charge on any atom is 0.317 e. The zero-order valence-corrected chi connectivity index (χ0v) is 21.8. The SMILES string of the molecule is COc1cccc([C@H](CN2CCN(C(=O)N[C@@H]3C[C@H]3c3ccccc3)CC2)OCc2ccc(C#N)cc2)c1. The van der Waals surface area contributed by atoms with Crippen LogP contribution in [0.5, 0.6) is 5.75 Å². The van der Waals surface area contributed by atoms with E-state index in [2.05, 4.69) is 46.6 Å². The van der Waals surface area contributed by atoms with Crippen molar-refractivity contribution in [3.8, 4) is 11.8 Å². The number of carbonyl (C=O) groups excluding carboxylic acids is 1. The van der Waals surface area contributed by atoms with Gasteiger partial charge >= 0.3 is 6.03 Å². The maximum absolute atomic E-state index is 12.9. The Morgan fingerprint density at radius 1 is 1.03 bits per heavy atom. The van der Waals surface area contributed by atoms with Crippen LogP contribution in [-0.2, 0) is 11.3 Å². The zero-order valence-electron chi connectivity index (χ0n) is 21.8. The molecule has 0 spiro atoms. The molecule has 0 unspecified atom stereocenters. The molecule has 1 N–H and O–H groups in total. The zero-order chi connectivity index (χ0) is 26.3. The van der Waals surface area contributed by atoms with E-state index in [9.17, 15) is 4.79 Å². The predicted octanol–water partition coefficient (Wildman–Crippen LogP) is 4.71. The lowest BCUT2D eigenvalue weighted by Gasteiger charge is -2.36. The minimum atomic E-state index is -0.154. The first-order valence-electron chi connectivity index (χ1n) is 13.2. The second-order valence-corrected chi connectivity index (χ2v) is 9.98. The maximum atomic E-state index is 12.9. The molecule has 1 aliphatic carbocycles. The molecule has 38 heavy (non-hydrogen) atoms. The molecule has 0 aromatic heterocycles. The summed E-state index contributed by atoms with van der Waals surface area (Å²) in [5.41, 5.74) is 4.01. The summed E-state index contributed by atoms with van der Waals surface area (Å²) < 4.78 is 11.9. The molecule has 1 saturated carbocycles. The van der Waals surface area contributed by atoms with Crippen LogP contribution in [0.3, 0.4) is 0 Å². The number of nitrogens with one attached hydrogen (secondary N) is 1. The lowest BCUT2D eigenvalue weighted by atomic mass is 10.1. The molecule has 1 heterocycles. The van der Waals surface area contributed by atoms with Gasteiger partial charge in [0.05, 0.1) is 31.5 Å². The molecule has 2 fully saturated rings. The number of carbonyl (C=O) groups is 1.